The highest BCUT2D eigenvalue weighted by Gasteiger charge is 2.03. The first kappa shape index (κ1) is 11.9. The Labute approximate surface area is 106 Å². The summed E-state index contributed by atoms with van der Waals surface area (Å²) in [5, 5.41) is 0.423. The average molecular weight is 248 g/mol. The van der Waals surface area contributed by atoms with Crippen molar-refractivity contribution in [2.24, 2.45) is 0 Å². The van der Waals surface area contributed by atoms with Gasteiger partial charge in [0.1, 0.15) is 5.15 Å². The topological polar surface area (TPSA) is 29.0 Å². The second-order valence-electron chi connectivity index (χ2n) is 4.03. The summed E-state index contributed by atoms with van der Waals surface area (Å²) in [6.45, 7) is 2.80. The van der Waals surface area contributed by atoms with Gasteiger partial charge in [0.25, 0.3) is 0 Å². The van der Waals surface area contributed by atoms with E-state index >= 15 is 0 Å². The zero-order valence-electron chi connectivity index (χ0n) is 9.89. The molecule has 0 spiro atoms. The lowest BCUT2D eigenvalue weighted by Gasteiger charge is -2.19. The third-order valence-corrected chi connectivity index (χ3v) is 2.71. The molecule has 2 aromatic rings. The zero-order valence-corrected chi connectivity index (χ0v) is 10.6. The fraction of sp³-hybridized carbons (Fsp3) is 0.231. The van der Waals surface area contributed by atoms with E-state index in [1.807, 2.05) is 7.05 Å². The van der Waals surface area contributed by atoms with Crippen molar-refractivity contribution in [2.75, 3.05) is 11.9 Å². The van der Waals surface area contributed by atoms with E-state index in [0.717, 1.165) is 5.69 Å². The monoisotopic (exact) mass is 247 g/mol. The van der Waals surface area contributed by atoms with Crippen molar-refractivity contribution in [1.82, 2.24) is 9.97 Å². The van der Waals surface area contributed by atoms with Crippen LogP contribution in [0.4, 0.5) is 5.69 Å². The van der Waals surface area contributed by atoms with Crippen LogP contribution in [0.25, 0.3) is 0 Å². The van der Waals surface area contributed by atoms with Gasteiger partial charge in [-0.3, -0.25) is 4.98 Å². The standard InChI is InChI=1S/C13H14ClN3/c1-10-4-3-5-12(6-10)17(2)9-11-7-16-13(14)8-15-11/h3-8H,9H2,1-2H3. The zero-order chi connectivity index (χ0) is 12.3. The number of halogens is 1. The van der Waals surface area contributed by atoms with E-state index in [0.29, 0.717) is 11.7 Å². The Morgan fingerprint density at radius 3 is 2.71 bits per heavy atom. The van der Waals surface area contributed by atoms with Gasteiger partial charge < -0.3 is 4.90 Å². The van der Waals surface area contributed by atoms with Crippen LogP contribution < -0.4 is 4.90 Å². The molecule has 0 fully saturated rings. The average Bonchev–Trinajstić information content (AvgIpc) is 2.32. The molecule has 3 nitrogen and oxygen atoms in total. The van der Waals surface area contributed by atoms with Crippen molar-refractivity contribution < 1.29 is 0 Å². The molecule has 0 N–H and O–H groups in total. The van der Waals surface area contributed by atoms with Crippen molar-refractivity contribution >= 4 is 17.3 Å². The molecule has 1 heterocycles. The maximum absolute atomic E-state index is 5.70. The first-order valence-electron chi connectivity index (χ1n) is 5.39. The summed E-state index contributed by atoms with van der Waals surface area (Å²) in [6, 6.07) is 8.35. The second-order valence-corrected chi connectivity index (χ2v) is 4.41. The van der Waals surface area contributed by atoms with E-state index in [4.69, 9.17) is 11.6 Å². The predicted molar refractivity (Wildman–Crippen MR) is 70.3 cm³/mol. The predicted octanol–water partition coefficient (Wildman–Crippen LogP) is 3.07. The molecular weight excluding hydrogens is 234 g/mol. The second kappa shape index (κ2) is 5.15. The fourth-order valence-corrected chi connectivity index (χ4v) is 1.72. The van der Waals surface area contributed by atoms with Gasteiger partial charge in [0.05, 0.1) is 24.6 Å². The van der Waals surface area contributed by atoms with Crippen LogP contribution in [0.2, 0.25) is 5.15 Å². The van der Waals surface area contributed by atoms with E-state index in [1.165, 1.54) is 11.3 Å². The molecule has 0 atom stereocenters. The first-order valence-corrected chi connectivity index (χ1v) is 5.77. The quantitative estimate of drug-likeness (QED) is 0.835. The largest absolute Gasteiger partial charge is 0.369 e. The van der Waals surface area contributed by atoms with Gasteiger partial charge in [0.15, 0.2) is 0 Å². The first-order chi connectivity index (χ1) is 8.15. The summed E-state index contributed by atoms with van der Waals surface area (Å²) >= 11 is 5.70. The Bertz CT molecular complexity index is 496. The summed E-state index contributed by atoms with van der Waals surface area (Å²) in [5.74, 6) is 0. The Balaban J connectivity index is 2.11. The molecule has 0 amide bonds. The molecule has 0 aliphatic carbocycles. The van der Waals surface area contributed by atoms with E-state index in [2.05, 4.69) is 46.1 Å². The summed E-state index contributed by atoms with van der Waals surface area (Å²) in [6.07, 6.45) is 3.27. The maximum atomic E-state index is 5.70. The smallest absolute Gasteiger partial charge is 0.147 e. The third kappa shape index (κ3) is 3.17. The van der Waals surface area contributed by atoms with Gasteiger partial charge in [-0.25, -0.2) is 4.98 Å². The summed E-state index contributed by atoms with van der Waals surface area (Å²) in [5.41, 5.74) is 3.32. The van der Waals surface area contributed by atoms with Gasteiger partial charge in [-0.05, 0) is 24.6 Å². The molecule has 4 heteroatoms. The van der Waals surface area contributed by atoms with Gasteiger partial charge >= 0.3 is 0 Å². The van der Waals surface area contributed by atoms with Crippen LogP contribution in [0.1, 0.15) is 11.3 Å². The van der Waals surface area contributed by atoms with Crippen molar-refractivity contribution in [1.29, 1.82) is 0 Å². The number of hydrogen-bond donors (Lipinski definition) is 0. The van der Waals surface area contributed by atoms with Gasteiger partial charge in [-0.15, -0.1) is 0 Å². The molecule has 0 aliphatic heterocycles. The molecule has 17 heavy (non-hydrogen) atoms. The van der Waals surface area contributed by atoms with Gasteiger partial charge in [-0.1, -0.05) is 23.7 Å². The number of rotatable bonds is 3. The van der Waals surface area contributed by atoms with E-state index in [9.17, 15) is 0 Å². The Kier molecular flexibility index (Phi) is 3.59. The number of benzene rings is 1. The number of anilines is 1. The van der Waals surface area contributed by atoms with E-state index in [-0.39, 0.29) is 0 Å². The summed E-state index contributed by atoms with van der Waals surface area (Å²) in [7, 11) is 2.03. The minimum atomic E-state index is 0.423. The highest BCUT2D eigenvalue weighted by molar-refractivity contribution is 6.29. The van der Waals surface area contributed by atoms with Crippen molar-refractivity contribution in [3.05, 3.63) is 53.1 Å². The van der Waals surface area contributed by atoms with Crippen LogP contribution >= 0.6 is 11.6 Å². The van der Waals surface area contributed by atoms with Gasteiger partial charge in [0.2, 0.25) is 0 Å². The lowest BCUT2D eigenvalue weighted by atomic mass is 10.2. The molecule has 0 bridgehead atoms. The molecule has 1 aromatic heterocycles. The van der Waals surface area contributed by atoms with E-state index in [1.54, 1.807) is 12.4 Å². The molecule has 0 aliphatic rings. The maximum Gasteiger partial charge on any atom is 0.147 e. The van der Waals surface area contributed by atoms with Crippen LogP contribution in [0, 0.1) is 6.92 Å². The number of hydrogen-bond acceptors (Lipinski definition) is 3. The highest BCUT2D eigenvalue weighted by Crippen LogP contribution is 2.16. The van der Waals surface area contributed by atoms with Crippen molar-refractivity contribution in [3.63, 3.8) is 0 Å². The minimum Gasteiger partial charge on any atom is -0.369 e. The molecule has 2 rings (SSSR count). The normalized spacial score (nSPS) is 10.3. The molecule has 0 saturated carbocycles. The third-order valence-electron chi connectivity index (χ3n) is 2.52. The van der Waals surface area contributed by atoms with Crippen molar-refractivity contribution in [2.45, 2.75) is 13.5 Å². The molecule has 0 unspecified atom stereocenters. The minimum absolute atomic E-state index is 0.423. The van der Waals surface area contributed by atoms with Crippen LogP contribution in [-0.2, 0) is 6.54 Å². The molecular formula is C13H14ClN3. The molecule has 0 radical (unpaired) electrons. The van der Waals surface area contributed by atoms with E-state index < -0.39 is 0 Å². The SMILES string of the molecule is Cc1cccc(N(C)Cc2cnc(Cl)cn2)c1. The van der Waals surface area contributed by atoms with Gasteiger partial charge in [-0.2, -0.15) is 0 Å². The lowest BCUT2D eigenvalue weighted by molar-refractivity contribution is 0.872. The van der Waals surface area contributed by atoms with Crippen LogP contribution in [0.5, 0.6) is 0 Å². The van der Waals surface area contributed by atoms with Crippen molar-refractivity contribution in [3.8, 4) is 0 Å². The Morgan fingerprint density at radius 2 is 2.06 bits per heavy atom. The van der Waals surface area contributed by atoms with Gasteiger partial charge in [0, 0.05) is 12.7 Å². The number of nitrogens with zero attached hydrogens (tertiary/aromatic N) is 3. The fourth-order valence-electron chi connectivity index (χ4n) is 1.62. The van der Waals surface area contributed by atoms with Crippen LogP contribution in [-0.4, -0.2) is 17.0 Å². The Morgan fingerprint density at radius 1 is 1.24 bits per heavy atom. The Hall–Kier alpha value is -1.61. The molecule has 0 saturated heterocycles. The van der Waals surface area contributed by atoms with Crippen LogP contribution in [0.15, 0.2) is 36.7 Å². The summed E-state index contributed by atoms with van der Waals surface area (Å²) in [4.78, 5) is 10.4. The summed E-state index contributed by atoms with van der Waals surface area (Å²) < 4.78 is 0. The molecule has 88 valence electrons. The number of aryl methyl sites for hydroxylation is 1. The lowest BCUT2D eigenvalue weighted by Crippen LogP contribution is -2.17. The molecule has 1 aromatic carbocycles. The van der Waals surface area contributed by atoms with Crippen LogP contribution in [0.3, 0.4) is 0 Å². The number of aromatic nitrogens is 2. The highest BCUT2D eigenvalue weighted by atomic mass is 35.5.